The monoisotopic (exact) mass is 490 g/mol. The molecular weight excluding hydrogens is 452 g/mol. The molecule has 3 amide bonds. The average molecular weight is 491 g/mol. The van der Waals surface area contributed by atoms with Gasteiger partial charge >= 0.3 is 6.03 Å². The number of nitrogens with zero attached hydrogens (tertiary/aromatic N) is 4. The molecule has 2 aromatic rings. The van der Waals surface area contributed by atoms with E-state index >= 15 is 0 Å². The number of urea groups is 1. The highest BCUT2D eigenvalue weighted by molar-refractivity contribution is 5.94. The van der Waals surface area contributed by atoms with Crippen LogP contribution in [0.1, 0.15) is 46.0 Å². The van der Waals surface area contributed by atoms with Crippen LogP contribution in [0.3, 0.4) is 0 Å². The first-order chi connectivity index (χ1) is 17.5. The van der Waals surface area contributed by atoms with E-state index in [-0.39, 0.29) is 11.9 Å². The summed E-state index contributed by atoms with van der Waals surface area (Å²) in [5.74, 6) is 1.75. The van der Waals surface area contributed by atoms with Gasteiger partial charge < -0.3 is 14.5 Å². The number of likely N-dealkylation sites (N-methyl/N-ethyl adjacent to an activating group) is 1. The van der Waals surface area contributed by atoms with Crippen LogP contribution in [0.4, 0.5) is 10.5 Å². The predicted octanol–water partition coefficient (Wildman–Crippen LogP) is 4.97. The fraction of sp³-hybridized carbons (Fsp3) is 0.517. The molecule has 2 aliphatic heterocycles. The molecule has 7 heteroatoms. The van der Waals surface area contributed by atoms with Crippen molar-refractivity contribution in [2.45, 2.75) is 64.1 Å². The Morgan fingerprint density at radius 1 is 0.889 bits per heavy atom. The van der Waals surface area contributed by atoms with Crippen molar-refractivity contribution < 1.29 is 14.3 Å². The molecule has 1 unspecified atom stereocenters. The maximum Gasteiger partial charge on any atom is 0.324 e. The van der Waals surface area contributed by atoms with Crippen LogP contribution in [-0.2, 0) is 4.79 Å². The highest BCUT2D eigenvalue weighted by atomic mass is 16.5. The lowest BCUT2D eigenvalue weighted by Crippen LogP contribution is -2.46. The van der Waals surface area contributed by atoms with Gasteiger partial charge in [-0.3, -0.25) is 14.6 Å². The molecule has 0 aromatic heterocycles. The zero-order chi connectivity index (χ0) is 25.1. The van der Waals surface area contributed by atoms with Crippen molar-refractivity contribution >= 4 is 17.6 Å². The van der Waals surface area contributed by atoms with Crippen LogP contribution in [0.5, 0.6) is 11.5 Å². The normalized spacial score (nSPS) is 24.8. The maximum absolute atomic E-state index is 13.3. The fourth-order valence-electron chi connectivity index (χ4n) is 6.28. The zero-order valence-corrected chi connectivity index (χ0v) is 21.5. The molecule has 3 aliphatic rings. The van der Waals surface area contributed by atoms with Crippen LogP contribution < -0.4 is 9.64 Å². The molecule has 3 fully saturated rings. The second-order valence-corrected chi connectivity index (χ2v) is 10.2. The molecule has 5 rings (SSSR count). The minimum absolute atomic E-state index is 0.122. The Kier molecular flexibility index (Phi) is 7.46. The largest absolute Gasteiger partial charge is 0.457 e. The Hall–Kier alpha value is -3.06. The first kappa shape index (κ1) is 24.6. The molecule has 36 heavy (non-hydrogen) atoms. The molecule has 1 saturated carbocycles. The Labute approximate surface area is 214 Å². The van der Waals surface area contributed by atoms with Crippen LogP contribution in [-0.4, -0.2) is 77.5 Å². The van der Waals surface area contributed by atoms with Crippen LogP contribution >= 0.6 is 0 Å². The van der Waals surface area contributed by atoms with E-state index in [2.05, 4.69) is 16.7 Å². The molecule has 1 aliphatic carbocycles. The van der Waals surface area contributed by atoms with E-state index in [1.165, 1.54) is 0 Å². The van der Waals surface area contributed by atoms with Gasteiger partial charge in [0.05, 0.1) is 0 Å². The number of rotatable bonds is 7. The van der Waals surface area contributed by atoms with E-state index in [0.717, 1.165) is 82.0 Å². The Morgan fingerprint density at radius 3 is 2.22 bits per heavy atom. The number of anilines is 1. The highest BCUT2D eigenvalue weighted by Crippen LogP contribution is 2.33. The van der Waals surface area contributed by atoms with Gasteiger partial charge in [0.1, 0.15) is 11.5 Å². The molecular formula is C29H38N4O3. The molecule has 7 nitrogen and oxygen atoms in total. The van der Waals surface area contributed by atoms with Gasteiger partial charge in [-0.25, -0.2) is 4.79 Å². The van der Waals surface area contributed by atoms with Gasteiger partial charge in [-0.15, -0.1) is 0 Å². The van der Waals surface area contributed by atoms with Crippen LogP contribution in [0.25, 0.3) is 0 Å². The van der Waals surface area contributed by atoms with Gasteiger partial charge in [-0.2, -0.15) is 0 Å². The molecule has 2 saturated heterocycles. The summed E-state index contributed by atoms with van der Waals surface area (Å²) in [5.41, 5.74) is 0.922. The van der Waals surface area contributed by atoms with Gasteiger partial charge in [0.15, 0.2) is 0 Å². The molecule has 192 valence electrons. The molecule has 0 bridgehead atoms. The van der Waals surface area contributed by atoms with Gasteiger partial charge in [-0.05, 0) is 75.4 Å². The molecule has 0 radical (unpaired) electrons. The van der Waals surface area contributed by atoms with Crippen LogP contribution in [0.15, 0.2) is 54.6 Å². The lowest BCUT2D eigenvalue weighted by Gasteiger charge is -2.38. The van der Waals surface area contributed by atoms with Crippen molar-refractivity contribution in [2.75, 3.05) is 37.6 Å². The first-order valence-electron chi connectivity index (χ1n) is 13.5. The summed E-state index contributed by atoms with van der Waals surface area (Å²) in [7, 11) is 0. The Bertz CT molecular complexity index is 1040. The molecule has 1 atom stereocenters. The lowest BCUT2D eigenvalue weighted by atomic mass is 9.89. The molecule has 0 spiro atoms. The number of likely N-dealkylation sites (tertiary alicyclic amines) is 1. The summed E-state index contributed by atoms with van der Waals surface area (Å²) < 4.78 is 5.89. The standard InChI is InChI=1S/C29H38N4O3/c1-3-31(22(2)34)26-17-18-30(21-26)23-9-11-24(12-10-23)32-19-20-33(29(32)35)25-13-15-28(16-14-25)36-27-7-5-4-6-8-27/h4-8,13-16,23-24,26H,3,9-12,17-21H2,1-2H3. The number of carbonyl (C=O) groups is 2. The Morgan fingerprint density at radius 2 is 1.56 bits per heavy atom. The third-order valence-electron chi connectivity index (χ3n) is 8.17. The van der Waals surface area contributed by atoms with E-state index in [1.54, 1.807) is 6.92 Å². The summed E-state index contributed by atoms with van der Waals surface area (Å²) in [4.78, 5) is 33.8. The number of hydrogen-bond donors (Lipinski definition) is 0. The van der Waals surface area contributed by atoms with Gasteiger partial charge in [-0.1, -0.05) is 18.2 Å². The zero-order valence-electron chi connectivity index (χ0n) is 21.5. The van der Waals surface area contributed by atoms with Crippen molar-refractivity contribution in [3.05, 3.63) is 54.6 Å². The smallest absolute Gasteiger partial charge is 0.324 e. The minimum Gasteiger partial charge on any atom is -0.457 e. The van der Waals surface area contributed by atoms with Crippen molar-refractivity contribution in [3.63, 3.8) is 0 Å². The highest BCUT2D eigenvalue weighted by Gasteiger charge is 2.39. The minimum atomic E-state index is 0.122. The maximum atomic E-state index is 13.3. The third kappa shape index (κ3) is 5.21. The molecule has 2 heterocycles. The number of amides is 3. The summed E-state index contributed by atoms with van der Waals surface area (Å²) in [6.45, 7) is 8.11. The van der Waals surface area contributed by atoms with Crippen molar-refractivity contribution in [1.82, 2.24) is 14.7 Å². The summed E-state index contributed by atoms with van der Waals surface area (Å²) in [5, 5.41) is 0. The summed E-state index contributed by atoms with van der Waals surface area (Å²) in [6.07, 6.45) is 5.43. The van der Waals surface area contributed by atoms with E-state index in [0.29, 0.717) is 18.1 Å². The second-order valence-electron chi connectivity index (χ2n) is 10.2. The van der Waals surface area contributed by atoms with Gasteiger partial charge in [0.2, 0.25) is 5.91 Å². The van der Waals surface area contributed by atoms with Crippen molar-refractivity contribution in [2.24, 2.45) is 0 Å². The average Bonchev–Trinajstić information content (AvgIpc) is 3.53. The summed E-state index contributed by atoms with van der Waals surface area (Å²) >= 11 is 0. The van der Waals surface area contributed by atoms with E-state index in [1.807, 2.05) is 64.4 Å². The molecule has 2 aromatic carbocycles. The lowest BCUT2D eigenvalue weighted by molar-refractivity contribution is -0.130. The van der Waals surface area contributed by atoms with Gasteiger partial charge in [0.25, 0.3) is 0 Å². The van der Waals surface area contributed by atoms with Crippen molar-refractivity contribution in [1.29, 1.82) is 0 Å². The Balaban J connectivity index is 1.12. The second kappa shape index (κ2) is 10.9. The number of benzene rings is 2. The fourth-order valence-corrected chi connectivity index (χ4v) is 6.28. The van der Waals surface area contributed by atoms with E-state index < -0.39 is 0 Å². The van der Waals surface area contributed by atoms with Gasteiger partial charge in [0, 0.05) is 63.5 Å². The predicted molar refractivity (Wildman–Crippen MR) is 141 cm³/mol. The topological polar surface area (TPSA) is 56.3 Å². The first-order valence-corrected chi connectivity index (χ1v) is 13.5. The molecule has 0 N–H and O–H groups in total. The van der Waals surface area contributed by atoms with Crippen molar-refractivity contribution in [3.8, 4) is 11.5 Å². The third-order valence-corrected chi connectivity index (χ3v) is 8.17. The van der Waals surface area contributed by atoms with E-state index in [9.17, 15) is 9.59 Å². The quantitative estimate of drug-likeness (QED) is 0.550. The number of ether oxygens (including phenoxy) is 1. The van der Waals surface area contributed by atoms with E-state index in [4.69, 9.17) is 4.74 Å². The number of carbonyl (C=O) groups excluding carboxylic acids is 2. The number of para-hydroxylation sites is 1. The van der Waals surface area contributed by atoms with Crippen LogP contribution in [0.2, 0.25) is 0 Å². The van der Waals surface area contributed by atoms with Crippen LogP contribution in [0, 0.1) is 0 Å². The SMILES string of the molecule is CCN(C(C)=O)C1CCN(C2CCC(N3CCN(c4ccc(Oc5ccccc5)cc4)C3=O)CC2)C1. The summed E-state index contributed by atoms with van der Waals surface area (Å²) in [6, 6.07) is 18.9. The number of hydrogen-bond acceptors (Lipinski definition) is 4.